The minimum absolute atomic E-state index is 0.0245. The van der Waals surface area contributed by atoms with Crippen molar-refractivity contribution in [1.29, 1.82) is 0 Å². The predicted octanol–water partition coefficient (Wildman–Crippen LogP) is 2.22. The smallest absolute Gasteiger partial charge is 0.311 e. The van der Waals surface area contributed by atoms with E-state index < -0.39 is 11.9 Å². The van der Waals surface area contributed by atoms with E-state index in [0.29, 0.717) is 5.56 Å². The van der Waals surface area contributed by atoms with Crippen LogP contribution in [0.3, 0.4) is 0 Å². The van der Waals surface area contributed by atoms with Gasteiger partial charge in [0.25, 0.3) is 0 Å². The molecule has 0 aliphatic heterocycles. The van der Waals surface area contributed by atoms with Gasteiger partial charge in [-0.3, -0.25) is 9.59 Å². The third-order valence-electron chi connectivity index (χ3n) is 2.15. The Balaban J connectivity index is 2.69. The Bertz CT molecular complexity index is 392. The van der Waals surface area contributed by atoms with Gasteiger partial charge in [-0.05, 0) is 43.2 Å². The van der Waals surface area contributed by atoms with Gasteiger partial charge in [-0.15, -0.1) is 0 Å². The predicted molar refractivity (Wildman–Crippen MR) is 67.2 cm³/mol. The number of thiophene rings is 1. The molecular weight excluding hydrogens is 238 g/mol. The number of aliphatic carboxylic acids is 1. The van der Waals surface area contributed by atoms with Gasteiger partial charge < -0.3 is 10.4 Å². The molecule has 1 amide bonds. The van der Waals surface area contributed by atoms with Gasteiger partial charge in [0.15, 0.2) is 0 Å². The lowest BCUT2D eigenvalue weighted by Gasteiger charge is -2.21. The number of rotatable bonds is 4. The van der Waals surface area contributed by atoms with Crippen LogP contribution in [0.4, 0.5) is 0 Å². The summed E-state index contributed by atoms with van der Waals surface area (Å²) in [5.41, 5.74) is 0.348. The Morgan fingerprint density at radius 3 is 2.53 bits per heavy atom. The van der Waals surface area contributed by atoms with Crippen LogP contribution in [0.25, 0.3) is 0 Å². The highest BCUT2D eigenvalue weighted by Crippen LogP contribution is 2.22. The first-order valence-corrected chi connectivity index (χ1v) is 6.30. The van der Waals surface area contributed by atoms with Crippen LogP contribution in [0.5, 0.6) is 0 Å². The minimum atomic E-state index is -0.965. The molecule has 4 nitrogen and oxygen atoms in total. The fourth-order valence-corrected chi connectivity index (χ4v) is 2.19. The molecule has 0 radical (unpaired) electrons. The monoisotopic (exact) mass is 255 g/mol. The van der Waals surface area contributed by atoms with Crippen molar-refractivity contribution in [2.75, 3.05) is 0 Å². The molecule has 1 aromatic rings. The third-order valence-corrected chi connectivity index (χ3v) is 2.85. The summed E-state index contributed by atoms with van der Waals surface area (Å²) in [7, 11) is 0. The van der Waals surface area contributed by atoms with E-state index >= 15 is 0 Å². The lowest BCUT2D eigenvalue weighted by molar-refractivity contribution is -0.141. The molecular formula is C12H17NO3S. The lowest BCUT2D eigenvalue weighted by atomic mass is 9.97. The van der Waals surface area contributed by atoms with E-state index in [4.69, 9.17) is 5.11 Å². The van der Waals surface area contributed by atoms with Crippen molar-refractivity contribution in [3.8, 4) is 0 Å². The Morgan fingerprint density at radius 1 is 1.47 bits per heavy atom. The molecule has 94 valence electrons. The first-order valence-electron chi connectivity index (χ1n) is 5.35. The van der Waals surface area contributed by atoms with Gasteiger partial charge in [0.2, 0.25) is 5.91 Å². The second-order valence-corrected chi connectivity index (χ2v) is 5.73. The van der Waals surface area contributed by atoms with Gasteiger partial charge >= 0.3 is 5.97 Å². The number of carbonyl (C=O) groups is 2. The fourth-order valence-electron chi connectivity index (χ4n) is 1.48. The van der Waals surface area contributed by atoms with Crippen molar-refractivity contribution in [3.05, 3.63) is 22.4 Å². The average Bonchev–Trinajstić information content (AvgIpc) is 2.63. The van der Waals surface area contributed by atoms with Crippen molar-refractivity contribution in [1.82, 2.24) is 5.32 Å². The molecule has 0 aromatic carbocycles. The van der Waals surface area contributed by atoms with E-state index in [-0.39, 0.29) is 17.9 Å². The summed E-state index contributed by atoms with van der Waals surface area (Å²) in [5.74, 6) is -1.97. The largest absolute Gasteiger partial charge is 0.481 e. The van der Waals surface area contributed by atoms with Crippen molar-refractivity contribution in [2.45, 2.75) is 38.6 Å². The Kier molecular flexibility index (Phi) is 4.28. The van der Waals surface area contributed by atoms with Gasteiger partial charge in [0, 0.05) is 12.0 Å². The highest BCUT2D eigenvalue weighted by Gasteiger charge is 2.25. The quantitative estimate of drug-likeness (QED) is 0.867. The van der Waals surface area contributed by atoms with Crippen molar-refractivity contribution in [2.24, 2.45) is 0 Å². The summed E-state index contributed by atoms with van der Waals surface area (Å²) in [6.45, 7) is 5.60. The molecule has 0 aliphatic carbocycles. The van der Waals surface area contributed by atoms with E-state index in [0.717, 1.165) is 0 Å². The van der Waals surface area contributed by atoms with Crippen LogP contribution in [0.1, 0.15) is 38.7 Å². The summed E-state index contributed by atoms with van der Waals surface area (Å²) in [5, 5.41) is 15.5. The molecule has 0 bridgehead atoms. The zero-order valence-corrected chi connectivity index (χ0v) is 11.0. The number of carbonyl (C=O) groups excluding carboxylic acids is 1. The molecule has 0 saturated heterocycles. The zero-order chi connectivity index (χ0) is 13.1. The minimum Gasteiger partial charge on any atom is -0.481 e. The highest BCUT2D eigenvalue weighted by molar-refractivity contribution is 7.08. The maximum atomic E-state index is 11.7. The number of hydrogen-bond acceptors (Lipinski definition) is 3. The molecule has 1 unspecified atom stereocenters. The lowest BCUT2D eigenvalue weighted by Crippen LogP contribution is -2.41. The summed E-state index contributed by atoms with van der Waals surface area (Å²) < 4.78 is 0. The van der Waals surface area contributed by atoms with Crippen LogP contribution >= 0.6 is 11.3 Å². The van der Waals surface area contributed by atoms with Crippen LogP contribution in [-0.2, 0) is 9.59 Å². The number of nitrogens with one attached hydrogen (secondary N) is 1. The molecule has 1 aromatic heterocycles. The first-order chi connectivity index (χ1) is 7.79. The van der Waals surface area contributed by atoms with E-state index in [1.807, 2.05) is 26.2 Å². The van der Waals surface area contributed by atoms with E-state index in [1.54, 1.807) is 11.4 Å². The Labute approximate surface area is 105 Å². The maximum Gasteiger partial charge on any atom is 0.311 e. The summed E-state index contributed by atoms with van der Waals surface area (Å²) in [6.07, 6.45) is -0.0245. The van der Waals surface area contributed by atoms with E-state index in [1.165, 1.54) is 11.3 Å². The number of hydrogen-bond donors (Lipinski definition) is 2. The Hall–Kier alpha value is -1.36. The number of amides is 1. The molecule has 1 atom stereocenters. The zero-order valence-electron chi connectivity index (χ0n) is 10.2. The number of carboxylic acid groups (broad SMARTS) is 1. The van der Waals surface area contributed by atoms with Gasteiger partial charge in [-0.1, -0.05) is 0 Å². The van der Waals surface area contributed by atoms with Crippen LogP contribution in [0, 0.1) is 0 Å². The third kappa shape index (κ3) is 4.56. The standard InChI is InChI=1S/C12H17NO3S/c1-12(2,3)13-10(14)6-9(11(15)16)8-4-5-17-7-8/h4-5,7,9H,6H2,1-3H3,(H,13,14)(H,15,16). The molecule has 1 rings (SSSR count). The van der Waals surface area contributed by atoms with Crippen LogP contribution < -0.4 is 5.32 Å². The second kappa shape index (κ2) is 5.31. The topological polar surface area (TPSA) is 66.4 Å². The van der Waals surface area contributed by atoms with Crippen LogP contribution in [0.15, 0.2) is 16.8 Å². The highest BCUT2D eigenvalue weighted by atomic mass is 32.1. The fraction of sp³-hybridized carbons (Fsp3) is 0.500. The normalized spacial score (nSPS) is 13.1. The van der Waals surface area contributed by atoms with Crippen LogP contribution in [-0.4, -0.2) is 22.5 Å². The van der Waals surface area contributed by atoms with E-state index in [9.17, 15) is 9.59 Å². The molecule has 0 spiro atoms. The average molecular weight is 255 g/mol. The maximum absolute atomic E-state index is 11.7. The van der Waals surface area contributed by atoms with Crippen molar-refractivity contribution >= 4 is 23.2 Å². The molecule has 5 heteroatoms. The molecule has 17 heavy (non-hydrogen) atoms. The summed E-state index contributed by atoms with van der Waals surface area (Å²) >= 11 is 1.43. The molecule has 1 heterocycles. The molecule has 0 fully saturated rings. The SMILES string of the molecule is CC(C)(C)NC(=O)CC(C(=O)O)c1ccsc1. The first kappa shape index (κ1) is 13.7. The summed E-state index contributed by atoms with van der Waals surface area (Å²) in [6, 6.07) is 1.74. The van der Waals surface area contributed by atoms with Crippen molar-refractivity contribution < 1.29 is 14.7 Å². The van der Waals surface area contributed by atoms with E-state index in [2.05, 4.69) is 5.32 Å². The molecule has 2 N–H and O–H groups in total. The van der Waals surface area contributed by atoms with Gasteiger partial charge in [-0.25, -0.2) is 0 Å². The summed E-state index contributed by atoms with van der Waals surface area (Å²) in [4.78, 5) is 22.8. The number of carboxylic acids is 1. The molecule has 0 saturated carbocycles. The Morgan fingerprint density at radius 2 is 2.12 bits per heavy atom. The molecule has 0 aliphatic rings. The van der Waals surface area contributed by atoms with Gasteiger partial charge in [0.1, 0.15) is 0 Å². The van der Waals surface area contributed by atoms with Gasteiger partial charge in [-0.2, -0.15) is 11.3 Å². The second-order valence-electron chi connectivity index (χ2n) is 4.95. The van der Waals surface area contributed by atoms with Gasteiger partial charge in [0.05, 0.1) is 5.92 Å². The van der Waals surface area contributed by atoms with Crippen LogP contribution in [0.2, 0.25) is 0 Å². The van der Waals surface area contributed by atoms with Crippen molar-refractivity contribution in [3.63, 3.8) is 0 Å².